The first kappa shape index (κ1) is 30.6. The minimum atomic E-state index is -0.596. The highest BCUT2D eigenvalue weighted by Crippen LogP contribution is 2.36. The fraction of sp³-hybridized carbons (Fsp3) is 0.344. The first-order valence-corrected chi connectivity index (χ1v) is 14.4. The van der Waals surface area contributed by atoms with Gasteiger partial charge in [0.1, 0.15) is 46.8 Å². The van der Waals surface area contributed by atoms with E-state index < -0.39 is 11.4 Å². The summed E-state index contributed by atoms with van der Waals surface area (Å²) >= 11 is 0. The molecule has 3 N–H and O–H groups in total. The Hall–Kier alpha value is -4.86. The number of carbonyl (C=O) groups excluding carboxylic acids is 1. The molecule has 12 heteroatoms. The summed E-state index contributed by atoms with van der Waals surface area (Å²) in [4.78, 5) is 23.8. The fourth-order valence-electron chi connectivity index (χ4n) is 5.35. The zero-order valence-electron chi connectivity index (χ0n) is 25.0. The molecule has 11 nitrogen and oxygen atoms in total. The van der Waals surface area contributed by atoms with E-state index in [-0.39, 0.29) is 28.9 Å². The molecule has 1 fully saturated rings. The zero-order chi connectivity index (χ0) is 31.3. The van der Waals surface area contributed by atoms with E-state index in [1.807, 2.05) is 32.0 Å². The minimum absolute atomic E-state index is 0.0537. The maximum atomic E-state index is 15.6. The third kappa shape index (κ3) is 6.69. The predicted octanol–water partition coefficient (Wildman–Crippen LogP) is 4.63. The van der Waals surface area contributed by atoms with Crippen LogP contribution in [0.5, 0.6) is 11.5 Å². The number of hydrogen-bond acceptors (Lipinski definition) is 9. The second kappa shape index (κ2) is 13.2. The lowest BCUT2D eigenvalue weighted by Crippen LogP contribution is -2.43. The van der Waals surface area contributed by atoms with Gasteiger partial charge >= 0.3 is 0 Å². The molecular formula is C32H35FN8O3. The number of halogens is 1. The smallest absolute Gasteiger partial charge is 0.264 e. The number of nitrogens with zero attached hydrogens (tertiary/aromatic N) is 6. The Bertz CT molecular complexity index is 1710. The summed E-state index contributed by atoms with van der Waals surface area (Å²) < 4.78 is 28.1. The van der Waals surface area contributed by atoms with Gasteiger partial charge in [0.05, 0.1) is 18.0 Å². The lowest BCUT2D eigenvalue weighted by Gasteiger charge is -2.33. The molecule has 4 aromatic rings. The molecule has 2 aromatic carbocycles. The summed E-state index contributed by atoms with van der Waals surface area (Å²) in [6.45, 7) is 5.65. The van der Waals surface area contributed by atoms with Crippen molar-refractivity contribution in [3.05, 3.63) is 72.3 Å². The highest BCUT2D eigenvalue weighted by atomic mass is 19.1. The van der Waals surface area contributed by atoms with E-state index in [0.29, 0.717) is 67.3 Å². The number of nitrogens with two attached hydrogens (primary N) is 1. The van der Waals surface area contributed by atoms with Crippen LogP contribution in [0.3, 0.4) is 0 Å². The van der Waals surface area contributed by atoms with Crippen molar-refractivity contribution in [1.82, 2.24) is 30.0 Å². The molecule has 1 aliphatic heterocycles. The van der Waals surface area contributed by atoms with Crippen LogP contribution in [0, 0.1) is 17.1 Å². The van der Waals surface area contributed by atoms with Gasteiger partial charge in [0.15, 0.2) is 5.65 Å². The van der Waals surface area contributed by atoms with Gasteiger partial charge in [0, 0.05) is 43.9 Å². The Morgan fingerprint density at radius 2 is 2.02 bits per heavy atom. The summed E-state index contributed by atoms with van der Waals surface area (Å²) in [7, 11) is 1.61. The van der Waals surface area contributed by atoms with Crippen LogP contribution in [0.1, 0.15) is 32.7 Å². The van der Waals surface area contributed by atoms with Gasteiger partial charge in [0.25, 0.3) is 5.91 Å². The quantitative estimate of drug-likeness (QED) is 0.152. The normalized spacial score (nSPS) is 15.8. The van der Waals surface area contributed by atoms with Crippen LogP contribution in [0.25, 0.3) is 22.3 Å². The number of carbonyl (C=O) groups is 1. The minimum Gasteiger partial charge on any atom is -0.457 e. The Morgan fingerprint density at radius 1 is 1.23 bits per heavy atom. The second-order valence-electron chi connectivity index (χ2n) is 11.2. The number of piperidine rings is 1. The molecule has 5 rings (SSSR count). The van der Waals surface area contributed by atoms with Gasteiger partial charge < -0.3 is 25.4 Å². The van der Waals surface area contributed by atoms with Crippen molar-refractivity contribution in [3.63, 3.8) is 0 Å². The fourth-order valence-corrected chi connectivity index (χ4v) is 5.35. The Balaban J connectivity index is 1.43. The number of hydrogen-bond donors (Lipinski definition) is 2. The van der Waals surface area contributed by atoms with Crippen LogP contribution in [0.2, 0.25) is 0 Å². The number of benzene rings is 2. The van der Waals surface area contributed by atoms with Crippen molar-refractivity contribution in [2.45, 2.75) is 38.3 Å². The molecule has 0 radical (unpaired) electrons. The molecule has 228 valence electrons. The maximum Gasteiger partial charge on any atom is 0.264 e. The van der Waals surface area contributed by atoms with Crippen LogP contribution < -0.4 is 15.8 Å². The SMILES string of the molecule is COCCNC(C)(C)/C=C(/C#N)C(=O)N1CCC[C@@H](n2nc(-c3ccc(Oc4ccccc4)cc3F)c3c(N)ncnc32)C1. The van der Waals surface area contributed by atoms with Gasteiger partial charge in [-0.25, -0.2) is 19.0 Å². The molecule has 1 amide bonds. The number of nitrogen functional groups attached to an aromatic ring is 1. The van der Waals surface area contributed by atoms with E-state index in [1.54, 1.807) is 47.0 Å². The third-order valence-electron chi connectivity index (χ3n) is 7.47. The van der Waals surface area contributed by atoms with Crippen molar-refractivity contribution in [3.8, 4) is 28.8 Å². The van der Waals surface area contributed by atoms with Crippen molar-refractivity contribution in [1.29, 1.82) is 5.26 Å². The van der Waals surface area contributed by atoms with Crippen LogP contribution in [-0.2, 0) is 9.53 Å². The maximum absolute atomic E-state index is 15.6. The van der Waals surface area contributed by atoms with Gasteiger partial charge in [-0.1, -0.05) is 18.2 Å². The number of nitriles is 1. The van der Waals surface area contributed by atoms with E-state index >= 15 is 4.39 Å². The van der Waals surface area contributed by atoms with Crippen LogP contribution in [0.4, 0.5) is 10.2 Å². The molecule has 1 aliphatic rings. The average molecular weight is 599 g/mol. The Morgan fingerprint density at radius 3 is 2.75 bits per heavy atom. The molecule has 44 heavy (non-hydrogen) atoms. The van der Waals surface area contributed by atoms with Crippen molar-refractivity contribution < 1.29 is 18.7 Å². The molecule has 0 saturated carbocycles. The van der Waals surface area contributed by atoms with E-state index in [0.717, 1.165) is 0 Å². The zero-order valence-corrected chi connectivity index (χ0v) is 25.0. The second-order valence-corrected chi connectivity index (χ2v) is 11.2. The molecule has 1 saturated heterocycles. The summed E-state index contributed by atoms with van der Waals surface area (Å²) in [6.07, 6.45) is 4.37. The molecule has 0 spiro atoms. The number of para-hydroxylation sites is 1. The van der Waals surface area contributed by atoms with E-state index in [1.165, 1.54) is 12.4 Å². The van der Waals surface area contributed by atoms with Crippen LogP contribution in [0.15, 0.2) is 66.5 Å². The summed E-state index contributed by atoms with van der Waals surface area (Å²) in [5.41, 5.74) is 6.70. The lowest BCUT2D eigenvalue weighted by molar-refractivity contribution is -0.128. The van der Waals surface area contributed by atoms with Gasteiger partial charge in [-0.3, -0.25) is 4.79 Å². The number of anilines is 1. The van der Waals surface area contributed by atoms with E-state index in [9.17, 15) is 10.1 Å². The summed E-state index contributed by atoms with van der Waals surface area (Å²) in [5.74, 6) is 0.194. The number of rotatable bonds is 10. The Labute approximate surface area is 255 Å². The largest absolute Gasteiger partial charge is 0.457 e. The molecule has 1 atom stereocenters. The topological polar surface area (TPSA) is 144 Å². The van der Waals surface area contributed by atoms with Crippen molar-refractivity contribution in [2.24, 2.45) is 0 Å². The van der Waals surface area contributed by atoms with Gasteiger partial charge in [-0.05, 0) is 57.0 Å². The molecular weight excluding hydrogens is 563 g/mol. The van der Waals surface area contributed by atoms with E-state index in [4.69, 9.17) is 20.3 Å². The Kier molecular flexibility index (Phi) is 9.18. The number of ether oxygens (including phenoxy) is 2. The summed E-state index contributed by atoms with van der Waals surface area (Å²) in [6, 6.07) is 15.5. The van der Waals surface area contributed by atoms with E-state index in [2.05, 4.69) is 21.4 Å². The first-order valence-electron chi connectivity index (χ1n) is 14.4. The number of aromatic nitrogens is 4. The average Bonchev–Trinajstić information content (AvgIpc) is 3.41. The van der Waals surface area contributed by atoms with Gasteiger partial charge in [-0.2, -0.15) is 10.4 Å². The number of amides is 1. The molecule has 0 bridgehead atoms. The van der Waals surface area contributed by atoms with Gasteiger partial charge in [0.2, 0.25) is 0 Å². The number of fused-ring (bicyclic) bond motifs is 1. The molecule has 0 unspecified atom stereocenters. The van der Waals surface area contributed by atoms with Crippen molar-refractivity contribution >= 4 is 22.8 Å². The monoisotopic (exact) mass is 598 g/mol. The number of nitrogens with one attached hydrogen (secondary N) is 1. The third-order valence-corrected chi connectivity index (χ3v) is 7.47. The standard InChI is InChI=1S/C32H35FN8O3/c1-32(2,38-13-15-43-3)17-21(18-34)31(42)40-14-7-8-22(19-40)41-30-27(29(35)36-20-37-30)28(39-41)25-12-11-24(16-26(25)33)44-23-9-5-4-6-10-23/h4-6,9-12,16-17,20,22,38H,7-8,13-15,19H2,1-3H3,(H2,35,36,37)/b21-17-/t22-/m1/s1. The lowest BCUT2D eigenvalue weighted by atomic mass is 9.99. The van der Waals surface area contributed by atoms with Crippen LogP contribution >= 0.6 is 0 Å². The highest BCUT2D eigenvalue weighted by Gasteiger charge is 2.31. The van der Waals surface area contributed by atoms with Crippen LogP contribution in [-0.4, -0.2) is 69.4 Å². The molecule has 3 heterocycles. The predicted molar refractivity (Wildman–Crippen MR) is 164 cm³/mol. The first-order chi connectivity index (χ1) is 21.2. The molecule has 2 aromatic heterocycles. The molecule has 0 aliphatic carbocycles. The highest BCUT2D eigenvalue weighted by molar-refractivity contribution is 5.99. The number of likely N-dealkylation sites (tertiary alicyclic amines) is 1. The number of methoxy groups -OCH3 is 1. The van der Waals surface area contributed by atoms with Gasteiger partial charge in [-0.15, -0.1) is 0 Å². The summed E-state index contributed by atoms with van der Waals surface area (Å²) in [5, 5.41) is 18.4. The van der Waals surface area contributed by atoms with Crippen molar-refractivity contribution in [2.75, 3.05) is 39.1 Å².